The van der Waals surface area contributed by atoms with Gasteiger partial charge < -0.3 is 0 Å². The minimum atomic E-state index is 1.06. The summed E-state index contributed by atoms with van der Waals surface area (Å²) in [4.78, 5) is 11.9. The normalized spacial score (nSPS) is 7.17. The fraction of sp³-hybridized carbons (Fsp3) is 0.545. The Bertz CT molecular complexity index is 587. The first-order valence-corrected chi connectivity index (χ1v) is 14.1. The summed E-state index contributed by atoms with van der Waals surface area (Å²) in [6, 6.07) is 12.4. The zero-order valence-corrected chi connectivity index (χ0v) is 27.5. The summed E-state index contributed by atoms with van der Waals surface area (Å²) in [6.07, 6.45) is 5.17. The van der Waals surface area contributed by atoms with E-state index in [4.69, 9.17) is 0 Å². The lowest BCUT2D eigenvalue weighted by Gasteiger charge is -1.93. The Balaban J connectivity index is -0.0000000775. The van der Waals surface area contributed by atoms with Gasteiger partial charge in [0.1, 0.15) is 6.33 Å². The van der Waals surface area contributed by atoms with Gasteiger partial charge in [0.15, 0.2) is 0 Å². The first kappa shape index (κ1) is 46.7. The van der Waals surface area contributed by atoms with Gasteiger partial charge in [0.25, 0.3) is 0 Å². The number of hydrogen-bond donors (Lipinski definition) is 0. The highest BCUT2D eigenvalue weighted by atomic mass is 14.8. The molecular formula is C33H63N3. The zero-order chi connectivity index (χ0) is 29.9. The highest BCUT2D eigenvalue weighted by Crippen LogP contribution is 2.02. The van der Waals surface area contributed by atoms with E-state index in [0.717, 1.165) is 17.0 Å². The molecule has 1 aromatic carbocycles. The number of nitrogens with zero attached hydrogens (tertiary/aromatic N) is 3. The van der Waals surface area contributed by atoms with Gasteiger partial charge in [-0.15, -0.1) is 0 Å². The summed E-state index contributed by atoms with van der Waals surface area (Å²) >= 11 is 0. The lowest BCUT2D eigenvalue weighted by atomic mass is 10.1. The van der Waals surface area contributed by atoms with Crippen LogP contribution >= 0.6 is 0 Å². The number of aryl methyl sites for hydroxylation is 6. The first-order valence-electron chi connectivity index (χ1n) is 14.1. The molecule has 3 aromatic rings. The molecule has 0 radical (unpaired) electrons. The van der Waals surface area contributed by atoms with E-state index in [1.807, 2.05) is 122 Å². The van der Waals surface area contributed by atoms with Crippen molar-refractivity contribution in [3.63, 3.8) is 0 Å². The second-order valence-corrected chi connectivity index (χ2v) is 5.78. The molecule has 210 valence electrons. The number of rotatable bonds is 0. The molecule has 0 unspecified atom stereocenters. The maximum Gasteiger partial charge on any atom is 0.115 e. The summed E-state index contributed by atoms with van der Waals surface area (Å²) in [5.41, 5.74) is 7.31. The summed E-state index contributed by atoms with van der Waals surface area (Å²) in [6.45, 7) is 36.3. The van der Waals surface area contributed by atoms with Gasteiger partial charge in [-0.1, -0.05) is 113 Å². The molecule has 0 aliphatic rings. The van der Waals surface area contributed by atoms with Crippen LogP contribution in [0.3, 0.4) is 0 Å². The molecule has 0 aliphatic carbocycles. The fourth-order valence-electron chi connectivity index (χ4n) is 1.69. The lowest BCUT2D eigenvalue weighted by Crippen LogP contribution is -1.85. The predicted octanol–water partition coefficient (Wildman–Crippen LogP) is 11.3. The maximum atomic E-state index is 4.08. The molecule has 2 heterocycles. The fourth-order valence-corrected chi connectivity index (χ4v) is 1.69. The molecule has 3 heteroatoms. The average Bonchev–Trinajstić information content (AvgIpc) is 2.97. The van der Waals surface area contributed by atoms with Crippen LogP contribution in [0.15, 0.2) is 55.1 Å². The SMILES string of the molecule is CC.CC.CC.CC.CC.CC.Cc1ccccc1C.Cc1cccnc1C.Cc1cncnc1C. The molecule has 0 fully saturated rings. The van der Waals surface area contributed by atoms with Gasteiger partial charge in [-0.3, -0.25) is 4.98 Å². The number of hydrogen-bond acceptors (Lipinski definition) is 3. The Morgan fingerprint density at radius 3 is 1.00 bits per heavy atom. The van der Waals surface area contributed by atoms with E-state index in [9.17, 15) is 0 Å². The largest absolute Gasteiger partial charge is 0.261 e. The molecule has 3 nitrogen and oxygen atoms in total. The van der Waals surface area contributed by atoms with Gasteiger partial charge in [-0.2, -0.15) is 0 Å². The monoisotopic (exact) mass is 502 g/mol. The Kier molecular flexibility index (Phi) is 55.3. The van der Waals surface area contributed by atoms with Gasteiger partial charge in [0.05, 0.1) is 0 Å². The van der Waals surface area contributed by atoms with Crippen molar-refractivity contribution in [2.45, 2.75) is 125 Å². The summed E-state index contributed by atoms with van der Waals surface area (Å²) in [5, 5.41) is 0. The van der Waals surface area contributed by atoms with E-state index in [1.165, 1.54) is 16.7 Å². The van der Waals surface area contributed by atoms with E-state index in [1.54, 1.807) is 6.33 Å². The standard InChI is InChI=1S/C8H10.C7H9N.C6H8N2.6C2H6/c1-7-5-3-4-6-8(7)2;1-6-4-3-5-8-7(6)2;1-5-3-7-4-8-6(5)2;6*1-2/h3-6H,1-2H3;3-5H,1-2H3;3-4H,1-2H3;6*1-2H3. The van der Waals surface area contributed by atoms with Crippen molar-refractivity contribution < 1.29 is 0 Å². The van der Waals surface area contributed by atoms with Gasteiger partial charge in [-0.25, -0.2) is 9.97 Å². The van der Waals surface area contributed by atoms with Crippen molar-refractivity contribution in [2.75, 3.05) is 0 Å². The van der Waals surface area contributed by atoms with E-state index in [2.05, 4.69) is 66.1 Å². The maximum absolute atomic E-state index is 4.08. The topological polar surface area (TPSA) is 38.7 Å². The van der Waals surface area contributed by atoms with E-state index in [-0.39, 0.29) is 0 Å². The summed E-state index contributed by atoms with van der Waals surface area (Å²) < 4.78 is 0. The minimum absolute atomic E-state index is 1.06. The van der Waals surface area contributed by atoms with Crippen LogP contribution in [-0.2, 0) is 0 Å². The van der Waals surface area contributed by atoms with Gasteiger partial charge >= 0.3 is 0 Å². The van der Waals surface area contributed by atoms with Crippen molar-refractivity contribution in [1.82, 2.24) is 15.0 Å². The van der Waals surface area contributed by atoms with Gasteiger partial charge in [0.2, 0.25) is 0 Å². The third kappa shape index (κ3) is 31.5. The van der Waals surface area contributed by atoms with Crippen molar-refractivity contribution in [1.29, 1.82) is 0 Å². The Labute approximate surface area is 228 Å². The Hall–Kier alpha value is -2.55. The molecule has 3 rings (SSSR count). The van der Waals surface area contributed by atoms with Crippen molar-refractivity contribution in [3.8, 4) is 0 Å². The molecule has 36 heavy (non-hydrogen) atoms. The van der Waals surface area contributed by atoms with Crippen molar-refractivity contribution in [3.05, 3.63) is 88.8 Å². The Morgan fingerprint density at radius 1 is 0.417 bits per heavy atom. The smallest absolute Gasteiger partial charge is 0.115 e. The molecule has 0 saturated heterocycles. The molecule has 0 aliphatic heterocycles. The second kappa shape index (κ2) is 42.6. The van der Waals surface area contributed by atoms with Gasteiger partial charge in [-0.05, 0) is 69.9 Å². The van der Waals surface area contributed by atoms with Crippen LogP contribution in [0.5, 0.6) is 0 Å². The highest BCUT2D eigenvalue weighted by Gasteiger charge is 1.87. The zero-order valence-electron chi connectivity index (χ0n) is 27.5. The molecule has 0 spiro atoms. The number of aromatic nitrogens is 3. The lowest BCUT2D eigenvalue weighted by molar-refractivity contribution is 1.06. The van der Waals surface area contributed by atoms with Crippen molar-refractivity contribution >= 4 is 0 Å². The molecule has 0 N–H and O–H groups in total. The number of benzene rings is 1. The van der Waals surface area contributed by atoms with Crippen LogP contribution in [0.2, 0.25) is 0 Å². The van der Waals surface area contributed by atoms with E-state index >= 15 is 0 Å². The first-order chi connectivity index (χ1) is 17.4. The van der Waals surface area contributed by atoms with E-state index < -0.39 is 0 Å². The van der Waals surface area contributed by atoms with Crippen LogP contribution < -0.4 is 0 Å². The van der Waals surface area contributed by atoms with Gasteiger partial charge in [0, 0.05) is 23.8 Å². The molecule has 2 aromatic heterocycles. The molecule has 0 bridgehead atoms. The minimum Gasteiger partial charge on any atom is -0.261 e. The Morgan fingerprint density at radius 2 is 0.778 bits per heavy atom. The van der Waals surface area contributed by atoms with Crippen LogP contribution in [-0.4, -0.2) is 15.0 Å². The third-order valence-electron chi connectivity index (χ3n) is 3.85. The summed E-state index contributed by atoms with van der Waals surface area (Å²) in [7, 11) is 0. The highest BCUT2D eigenvalue weighted by molar-refractivity contribution is 5.23. The van der Waals surface area contributed by atoms with Crippen LogP contribution in [0, 0.1) is 41.5 Å². The average molecular weight is 502 g/mol. The third-order valence-corrected chi connectivity index (χ3v) is 3.85. The molecule has 0 amide bonds. The molecule has 0 saturated carbocycles. The number of pyridine rings is 1. The second-order valence-electron chi connectivity index (χ2n) is 5.78. The predicted molar refractivity (Wildman–Crippen MR) is 169 cm³/mol. The molecule has 0 atom stereocenters. The van der Waals surface area contributed by atoms with E-state index in [0.29, 0.717) is 0 Å². The molecular weight excluding hydrogens is 438 g/mol. The summed E-state index contributed by atoms with van der Waals surface area (Å²) in [5.74, 6) is 0. The van der Waals surface area contributed by atoms with Crippen LogP contribution in [0.4, 0.5) is 0 Å². The van der Waals surface area contributed by atoms with Crippen molar-refractivity contribution in [2.24, 2.45) is 0 Å². The quantitative estimate of drug-likeness (QED) is 0.307. The van der Waals surface area contributed by atoms with Crippen LogP contribution in [0.1, 0.15) is 117 Å². The van der Waals surface area contributed by atoms with Crippen LogP contribution in [0.25, 0.3) is 0 Å².